The highest BCUT2D eigenvalue weighted by molar-refractivity contribution is 5.85. The van der Waals surface area contributed by atoms with Crippen molar-refractivity contribution in [3.05, 3.63) is 48.0 Å². The third-order valence-electron chi connectivity index (χ3n) is 2.65. The van der Waals surface area contributed by atoms with Crippen LogP contribution >= 0.6 is 12.4 Å². The van der Waals surface area contributed by atoms with E-state index in [1.807, 2.05) is 24.3 Å². The van der Waals surface area contributed by atoms with Crippen molar-refractivity contribution in [3.63, 3.8) is 0 Å². The minimum Gasteiger partial charge on any atom is -0.324 e. The number of hydrogen-bond donors (Lipinski definition) is 1. The molecule has 98 valence electrons. The zero-order valence-electron chi connectivity index (χ0n) is 9.45. The molecule has 0 aliphatic carbocycles. The van der Waals surface area contributed by atoms with Crippen molar-refractivity contribution >= 4 is 23.2 Å². The van der Waals surface area contributed by atoms with Crippen molar-refractivity contribution in [1.82, 2.24) is 0 Å². The minimum atomic E-state index is -4.23. The first-order valence-electron chi connectivity index (χ1n) is 5.27. The summed E-state index contributed by atoms with van der Waals surface area (Å²) in [6.45, 7) is 0. The first-order chi connectivity index (χ1) is 7.96. The molecule has 2 N–H and O–H groups in total. The van der Waals surface area contributed by atoms with Gasteiger partial charge in [-0.3, -0.25) is 0 Å². The van der Waals surface area contributed by atoms with Gasteiger partial charge in [-0.15, -0.1) is 12.4 Å². The van der Waals surface area contributed by atoms with Gasteiger partial charge in [-0.25, -0.2) is 0 Å². The summed E-state index contributed by atoms with van der Waals surface area (Å²) in [5, 5.41) is 1.90. The van der Waals surface area contributed by atoms with Crippen LogP contribution in [0.5, 0.6) is 0 Å². The standard InChI is InChI=1S/C13H12F3N.ClH/c14-13(15,16)8-12(17)11-6-5-9-3-1-2-4-10(9)7-11;/h1-7,12H,8,17H2;1H/t12-;/m0./s1. The number of fused-ring (bicyclic) bond motifs is 1. The molecule has 0 aliphatic heterocycles. The summed E-state index contributed by atoms with van der Waals surface area (Å²) in [5.74, 6) is 0. The number of rotatable bonds is 2. The smallest absolute Gasteiger partial charge is 0.324 e. The van der Waals surface area contributed by atoms with Crippen molar-refractivity contribution in [2.24, 2.45) is 5.73 Å². The van der Waals surface area contributed by atoms with Crippen molar-refractivity contribution in [3.8, 4) is 0 Å². The Morgan fingerprint density at radius 3 is 2.22 bits per heavy atom. The van der Waals surface area contributed by atoms with Crippen LogP contribution in [0, 0.1) is 0 Å². The van der Waals surface area contributed by atoms with Crippen LogP contribution in [0.15, 0.2) is 42.5 Å². The fourth-order valence-electron chi connectivity index (χ4n) is 1.81. The van der Waals surface area contributed by atoms with Gasteiger partial charge in [-0.1, -0.05) is 36.4 Å². The third kappa shape index (κ3) is 3.62. The average molecular weight is 276 g/mol. The van der Waals surface area contributed by atoms with Crippen LogP contribution in [0.2, 0.25) is 0 Å². The minimum absolute atomic E-state index is 0. The number of halogens is 4. The van der Waals surface area contributed by atoms with Gasteiger partial charge in [0.25, 0.3) is 0 Å². The lowest BCUT2D eigenvalue weighted by molar-refractivity contribution is -0.138. The predicted octanol–water partition coefficient (Wildman–Crippen LogP) is 4.21. The fraction of sp³-hybridized carbons (Fsp3) is 0.231. The molecule has 0 aliphatic rings. The molecule has 2 aromatic carbocycles. The van der Waals surface area contributed by atoms with Gasteiger partial charge in [0.15, 0.2) is 0 Å². The molecule has 0 saturated heterocycles. The topological polar surface area (TPSA) is 26.0 Å². The summed E-state index contributed by atoms with van der Waals surface area (Å²) in [4.78, 5) is 0. The van der Waals surface area contributed by atoms with Crippen LogP contribution in [0.1, 0.15) is 18.0 Å². The van der Waals surface area contributed by atoms with E-state index in [4.69, 9.17) is 5.73 Å². The highest BCUT2D eigenvalue weighted by Crippen LogP contribution is 2.29. The third-order valence-corrected chi connectivity index (χ3v) is 2.65. The van der Waals surface area contributed by atoms with Gasteiger partial charge in [0.1, 0.15) is 0 Å². The van der Waals surface area contributed by atoms with Crippen LogP contribution in [-0.4, -0.2) is 6.18 Å². The van der Waals surface area contributed by atoms with Crippen LogP contribution in [0.3, 0.4) is 0 Å². The molecule has 0 bridgehead atoms. The molecule has 1 nitrogen and oxygen atoms in total. The molecule has 0 radical (unpaired) electrons. The zero-order chi connectivity index (χ0) is 12.5. The van der Waals surface area contributed by atoms with Gasteiger partial charge in [-0.2, -0.15) is 13.2 Å². The number of nitrogens with two attached hydrogens (primary N) is 1. The number of benzene rings is 2. The second-order valence-corrected chi connectivity index (χ2v) is 4.03. The summed E-state index contributed by atoms with van der Waals surface area (Å²) >= 11 is 0. The van der Waals surface area contributed by atoms with E-state index in [1.165, 1.54) is 0 Å². The maximum Gasteiger partial charge on any atom is 0.390 e. The summed E-state index contributed by atoms with van der Waals surface area (Å²) in [6, 6.07) is 11.7. The van der Waals surface area contributed by atoms with Crippen molar-refractivity contribution in [2.45, 2.75) is 18.6 Å². The summed E-state index contributed by atoms with van der Waals surface area (Å²) in [6.07, 6.45) is -5.23. The van der Waals surface area contributed by atoms with Gasteiger partial charge < -0.3 is 5.73 Å². The summed E-state index contributed by atoms with van der Waals surface area (Å²) in [7, 11) is 0. The molecule has 2 rings (SSSR count). The second kappa shape index (κ2) is 5.59. The molecule has 18 heavy (non-hydrogen) atoms. The molecular formula is C13H13ClF3N. The Hall–Kier alpha value is -1.26. The van der Waals surface area contributed by atoms with E-state index in [9.17, 15) is 13.2 Å². The van der Waals surface area contributed by atoms with Gasteiger partial charge in [-0.05, 0) is 22.4 Å². The summed E-state index contributed by atoms with van der Waals surface area (Å²) < 4.78 is 36.7. The molecule has 1 atom stereocenters. The maximum atomic E-state index is 12.2. The normalized spacial score (nSPS) is 13.1. The monoisotopic (exact) mass is 275 g/mol. The van der Waals surface area contributed by atoms with Crippen LogP contribution in [0.4, 0.5) is 13.2 Å². The Bertz CT molecular complexity index is 525. The van der Waals surface area contributed by atoms with E-state index in [1.54, 1.807) is 18.2 Å². The number of hydrogen-bond acceptors (Lipinski definition) is 1. The molecule has 0 aromatic heterocycles. The van der Waals surface area contributed by atoms with Crippen LogP contribution in [0.25, 0.3) is 10.8 Å². The molecule has 0 spiro atoms. The van der Waals surface area contributed by atoms with Gasteiger partial charge >= 0.3 is 6.18 Å². The largest absolute Gasteiger partial charge is 0.390 e. The van der Waals surface area contributed by atoms with E-state index in [0.717, 1.165) is 10.8 Å². The van der Waals surface area contributed by atoms with E-state index in [2.05, 4.69) is 0 Å². The highest BCUT2D eigenvalue weighted by atomic mass is 35.5. The lowest BCUT2D eigenvalue weighted by Crippen LogP contribution is -2.20. The van der Waals surface area contributed by atoms with Crippen LogP contribution < -0.4 is 5.73 Å². The molecule has 0 fully saturated rings. The first-order valence-corrected chi connectivity index (χ1v) is 5.27. The lowest BCUT2D eigenvalue weighted by Gasteiger charge is -2.15. The van der Waals surface area contributed by atoms with Crippen LogP contribution in [-0.2, 0) is 0 Å². The predicted molar refractivity (Wildman–Crippen MR) is 68.8 cm³/mol. The Kier molecular flexibility index (Phi) is 4.59. The number of alkyl halides is 3. The van der Waals surface area contributed by atoms with Crippen molar-refractivity contribution < 1.29 is 13.2 Å². The SMILES string of the molecule is Cl.N[C@@H](CC(F)(F)F)c1ccc2ccccc2c1. The quantitative estimate of drug-likeness (QED) is 0.873. The summed E-state index contributed by atoms with van der Waals surface area (Å²) in [5.41, 5.74) is 6.07. The Balaban J connectivity index is 0.00000162. The van der Waals surface area contributed by atoms with Gasteiger partial charge in [0.05, 0.1) is 6.42 Å². The highest BCUT2D eigenvalue weighted by Gasteiger charge is 2.30. The first kappa shape index (κ1) is 14.8. The van der Waals surface area contributed by atoms with Crippen molar-refractivity contribution in [2.75, 3.05) is 0 Å². The Labute approximate surface area is 109 Å². The van der Waals surface area contributed by atoms with E-state index in [0.29, 0.717) is 5.56 Å². The fourth-order valence-corrected chi connectivity index (χ4v) is 1.81. The maximum absolute atomic E-state index is 12.2. The average Bonchev–Trinajstić information content (AvgIpc) is 2.26. The lowest BCUT2D eigenvalue weighted by atomic mass is 10.0. The van der Waals surface area contributed by atoms with Gasteiger partial charge in [0, 0.05) is 6.04 Å². The van der Waals surface area contributed by atoms with E-state index < -0.39 is 18.6 Å². The molecule has 0 heterocycles. The Morgan fingerprint density at radius 1 is 1.00 bits per heavy atom. The molecule has 0 saturated carbocycles. The van der Waals surface area contributed by atoms with Crippen molar-refractivity contribution in [1.29, 1.82) is 0 Å². The molecule has 5 heteroatoms. The Morgan fingerprint density at radius 2 is 1.61 bits per heavy atom. The molecular weight excluding hydrogens is 263 g/mol. The zero-order valence-corrected chi connectivity index (χ0v) is 10.3. The second-order valence-electron chi connectivity index (χ2n) is 4.03. The van der Waals surface area contributed by atoms with E-state index >= 15 is 0 Å². The molecule has 0 unspecified atom stereocenters. The van der Waals surface area contributed by atoms with Gasteiger partial charge in [0.2, 0.25) is 0 Å². The molecule has 0 amide bonds. The molecule has 2 aromatic rings. The van der Waals surface area contributed by atoms with E-state index in [-0.39, 0.29) is 12.4 Å².